The van der Waals surface area contributed by atoms with Gasteiger partial charge in [-0.15, -0.1) is 11.3 Å². The number of fused-ring (bicyclic) bond motifs is 1. The molecule has 0 radical (unpaired) electrons. The molecule has 1 aromatic heterocycles. The molecule has 1 heterocycles. The van der Waals surface area contributed by atoms with E-state index in [1.807, 2.05) is 11.3 Å². The Labute approximate surface area is 125 Å². The molecule has 1 atom stereocenters. The molecule has 2 heteroatoms. The van der Waals surface area contributed by atoms with Crippen molar-refractivity contribution in [3.05, 3.63) is 46.3 Å². The van der Waals surface area contributed by atoms with Gasteiger partial charge in [-0.1, -0.05) is 32.0 Å². The number of benzene rings is 1. The molecule has 2 aromatic rings. The van der Waals surface area contributed by atoms with Crippen molar-refractivity contribution in [2.24, 2.45) is 11.7 Å². The first-order chi connectivity index (χ1) is 9.66. The molecule has 0 aliphatic heterocycles. The summed E-state index contributed by atoms with van der Waals surface area (Å²) in [5.41, 5.74) is 10.8. The summed E-state index contributed by atoms with van der Waals surface area (Å²) in [5, 5.41) is 0. The summed E-state index contributed by atoms with van der Waals surface area (Å²) in [5.74, 6) is 0.492. The second-order valence-electron chi connectivity index (χ2n) is 6.12. The van der Waals surface area contributed by atoms with Gasteiger partial charge in [0.2, 0.25) is 0 Å². The maximum absolute atomic E-state index is 6.28. The van der Waals surface area contributed by atoms with E-state index in [-0.39, 0.29) is 6.04 Å². The molecule has 0 bridgehead atoms. The van der Waals surface area contributed by atoms with Crippen LogP contribution in [-0.4, -0.2) is 0 Å². The van der Waals surface area contributed by atoms with Gasteiger partial charge in [0.25, 0.3) is 0 Å². The molecule has 106 valence electrons. The summed E-state index contributed by atoms with van der Waals surface area (Å²) < 4.78 is 0. The quantitative estimate of drug-likeness (QED) is 0.848. The lowest BCUT2D eigenvalue weighted by Gasteiger charge is -2.18. The maximum atomic E-state index is 6.28. The molecule has 1 nitrogen and oxygen atoms in total. The van der Waals surface area contributed by atoms with Gasteiger partial charge in [-0.25, -0.2) is 0 Å². The van der Waals surface area contributed by atoms with E-state index in [1.54, 1.807) is 11.1 Å². The van der Waals surface area contributed by atoms with E-state index in [4.69, 9.17) is 5.73 Å². The van der Waals surface area contributed by atoms with Gasteiger partial charge in [0.05, 0.1) is 0 Å². The van der Waals surface area contributed by atoms with E-state index >= 15 is 0 Å². The Morgan fingerprint density at radius 2 is 1.85 bits per heavy atom. The van der Waals surface area contributed by atoms with Crippen LogP contribution in [0.5, 0.6) is 0 Å². The second-order valence-corrected chi connectivity index (χ2v) is 7.24. The molecular weight excluding hydrogens is 262 g/mol. The Morgan fingerprint density at radius 1 is 1.05 bits per heavy atom. The molecular formula is C18H23NS. The fourth-order valence-corrected chi connectivity index (χ4v) is 4.25. The van der Waals surface area contributed by atoms with Crippen LogP contribution in [0.3, 0.4) is 0 Å². The third kappa shape index (κ3) is 2.55. The van der Waals surface area contributed by atoms with Crippen molar-refractivity contribution < 1.29 is 0 Å². The zero-order chi connectivity index (χ0) is 14.1. The molecule has 0 saturated heterocycles. The fraction of sp³-hybridized carbons (Fsp3) is 0.444. The van der Waals surface area contributed by atoms with Crippen LogP contribution in [0, 0.1) is 5.92 Å². The highest BCUT2D eigenvalue weighted by atomic mass is 32.1. The number of rotatable bonds is 3. The van der Waals surface area contributed by atoms with Gasteiger partial charge in [0.1, 0.15) is 0 Å². The molecule has 20 heavy (non-hydrogen) atoms. The van der Waals surface area contributed by atoms with Gasteiger partial charge in [0, 0.05) is 15.8 Å². The van der Waals surface area contributed by atoms with Crippen molar-refractivity contribution in [3.63, 3.8) is 0 Å². The largest absolute Gasteiger partial charge is 0.323 e. The van der Waals surface area contributed by atoms with E-state index in [2.05, 4.69) is 44.2 Å². The normalized spacial score (nSPS) is 16.2. The molecule has 1 unspecified atom stereocenters. The zero-order valence-corrected chi connectivity index (χ0v) is 13.2. The van der Waals surface area contributed by atoms with Crippen molar-refractivity contribution in [2.75, 3.05) is 0 Å². The van der Waals surface area contributed by atoms with Crippen LogP contribution in [0.2, 0.25) is 0 Å². The minimum Gasteiger partial charge on any atom is -0.323 e. The Morgan fingerprint density at radius 3 is 2.65 bits per heavy atom. The molecule has 0 amide bonds. The average molecular weight is 285 g/mol. The maximum Gasteiger partial charge on any atom is 0.0413 e. The Bertz CT molecular complexity index is 597. The molecule has 3 rings (SSSR count). The molecule has 0 saturated carbocycles. The van der Waals surface area contributed by atoms with Gasteiger partial charge in [-0.05, 0) is 60.4 Å². The fourth-order valence-electron chi connectivity index (χ4n) is 3.02. The predicted molar refractivity (Wildman–Crippen MR) is 88.2 cm³/mol. The van der Waals surface area contributed by atoms with Crippen molar-refractivity contribution in [2.45, 2.75) is 45.6 Å². The molecule has 2 N–H and O–H groups in total. The van der Waals surface area contributed by atoms with Crippen LogP contribution in [0.1, 0.15) is 48.7 Å². The minimum absolute atomic E-state index is 0.160. The molecule has 0 spiro atoms. The van der Waals surface area contributed by atoms with Crippen LogP contribution in [0.15, 0.2) is 30.3 Å². The Hall–Kier alpha value is -1.12. The van der Waals surface area contributed by atoms with Crippen molar-refractivity contribution in [1.29, 1.82) is 0 Å². The first-order valence-electron chi connectivity index (χ1n) is 7.63. The topological polar surface area (TPSA) is 26.0 Å². The van der Waals surface area contributed by atoms with Gasteiger partial charge in [0.15, 0.2) is 0 Å². The first-order valence-corrected chi connectivity index (χ1v) is 8.45. The standard InChI is InChI=1S/C18H23NS/c1-12(2)18(19)17-11-10-16(20-17)15-9-5-7-13-6-3-4-8-14(13)15/h5,7,9-12,18H,3-4,6,8,19H2,1-2H3. The summed E-state index contributed by atoms with van der Waals surface area (Å²) >= 11 is 1.87. The summed E-state index contributed by atoms with van der Waals surface area (Å²) in [7, 11) is 0. The third-order valence-corrected chi connectivity index (χ3v) is 5.55. The monoisotopic (exact) mass is 285 g/mol. The van der Waals surface area contributed by atoms with E-state index in [0.29, 0.717) is 5.92 Å². The number of hydrogen-bond acceptors (Lipinski definition) is 2. The van der Waals surface area contributed by atoms with Crippen molar-refractivity contribution in [1.82, 2.24) is 0 Å². The minimum atomic E-state index is 0.160. The summed E-state index contributed by atoms with van der Waals surface area (Å²) in [6.45, 7) is 4.38. The smallest absolute Gasteiger partial charge is 0.0413 e. The van der Waals surface area contributed by atoms with Crippen LogP contribution < -0.4 is 5.73 Å². The highest BCUT2D eigenvalue weighted by Gasteiger charge is 2.17. The van der Waals surface area contributed by atoms with E-state index < -0.39 is 0 Å². The summed E-state index contributed by atoms with van der Waals surface area (Å²) in [6.07, 6.45) is 5.14. The van der Waals surface area contributed by atoms with Crippen LogP contribution in [0.4, 0.5) is 0 Å². The van der Waals surface area contributed by atoms with E-state index in [9.17, 15) is 0 Å². The lowest BCUT2D eigenvalue weighted by molar-refractivity contribution is 0.521. The Kier molecular flexibility index (Phi) is 3.95. The van der Waals surface area contributed by atoms with Crippen molar-refractivity contribution >= 4 is 11.3 Å². The summed E-state index contributed by atoms with van der Waals surface area (Å²) in [6, 6.07) is 11.4. The number of aryl methyl sites for hydroxylation is 1. The molecule has 1 aliphatic carbocycles. The number of thiophene rings is 1. The zero-order valence-electron chi connectivity index (χ0n) is 12.4. The third-order valence-electron chi connectivity index (χ3n) is 4.33. The second kappa shape index (κ2) is 5.71. The molecule has 1 aromatic carbocycles. The molecule has 0 fully saturated rings. The number of hydrogen-bond donors (Lipinski definition) is 1. The van der Waals surface area contributed by atoms with E-state index in [1.165, 1.54) is 41.0 Å². The van der Waals surface area contributed by atoms with Crippen LogP contribution in [0.25, 0.3) is 10.4 Å². The van der Waals surface area contributed by atoms with Gasteiger partial charge < -0.3 is 5.73 Å². The van der Waals surface area contributed by atoms with Gasteiger partial charge >= 0.3 is 0 Å². The first kappa shape index (κ1) is 13.8. The Balaban J connectivity index is 1.98. The lowest BCUT2D eigenvalue weighted by atomic mass is 9.88. The number of nitrogens with two attached hydrogens (primary N) is 1. The molecule has 1 aliphatic rings. The lowest BCUT2D eigenvalue weighted by Crippen LogP contribution is -2.14. The van der Waals surface area contributed by atoms with Crippen LogP contribution in [-0.2, 0) is 12.8 Å². The highest BCUT2D eigenvalue weighted by Crippen LogP contribution is 2.37. The van der Waals surface area contributed by atoms with Gasteiger partial charge in [-0.2, -0.15) is 0 Å². The van der Waals surface area contributed by atoms with E-state index in [0.717, 1.165) is 0 Å². The van der Waals surface area contributed by atoms with Crippen LogP contribution >= 0.6 is 11.3 Å². The highest BCUT2D eigenvalue weighted by molar-refractivity contribution is 7.15. The summed E-state index contributed by atoms with van der Waals surface area (Å²) in [4.78, 5) is 2.69. The predicted octanol–water partition coefficient (Wildman–Crippen LogP) is 4.95. The van der Waals surface area contributed by atoms with Gasteiger partial charge in [-0.3, -0.25) is 0 Å². The SMILES string of the molecule is CC(C)C(N)c1ccc(-c2cccc3c2CCCC3)s1. The average Bonchev–Trinajstić information content (AvgIpc) is 2.95. The van der Waals surface area contributed by atoms with Crippen molar-refractivity contribution in [3.8, 4) is 10.4 Å².